The number of nitrogens with one attached hydrogen (secondary N) is 1. The van der Waals surface area contributed by atoms with E-state index < -0.39 is 12.0 Å². The van der Waals surface area contributed by atoms with E-state index in [1.165, 1.54) is 4.90 Å². The van der Waals surface area contributed by atoms with Crippen molar-refractivity contribution in [1.82, 2.24) is 4.90 Å². The molecule has 0 radical (unpaired) electrons. The van der Waals surface area contributed by atoms with Crippen molar-refractivity contribution in [3.05, 3.63) is 28.2 Å². The summed E-state index contributed by atoms with van der Waals surface area (Å²) in [5.74, 6) is -0.624. The van der Waals surface area contributed by atoms with Gasteiger partial charge in [0.15, 0.2) is 0 Å². The lowest BCUT2D eigenvalue weighted by atomic mass is 9.93. The average Bonchev–Trinajstić information content (AvgIpc) is 2.42. The van der Waals surface area contributed by atoms with E-state index >= 15 is 0 Å². The minimum atomic E-state index is -0.944. The number of halogens is 1. The summed E-state index contributed by atoms with van der Waals surface area (Å²) in [7, 11) is 0. The van der Waals surface area contributed by atoms with Gasteiger partial charge in [0, 0.05) is 11.0 Å². The van der Waals surface area contributed by atoms with Crippen molar-refractivity contribution in [3.8, 4) is 0 Å². The number of aliphatic carboxylic acids is 1. The summed E-state index contributed by atoms with van der Waals surface area (Å²) in [5.41, 5.74) is 1.68. The highest BCUT2D eigenvalue weighted by Gasteiger charge is 2.34. The fourth-order valence-corrected chi connectivity index (χ4v) is 2.89. The maximum atomic E-state index is 12.4. The molecular formula is C15H19BrN2O3. The molecule has 21 heavy (non-hydrogen) atoms. The molecule has 1 fully saturated rings. The van der Waals surface area contributed by atoms with E-state index in [9.17, 15) is 14.7 Å². The van der Waals surface area contributed by atoms with Crippen LogP contribution < -0.4 is 5.32 Å². The summed E-state index contributed by atoms with van der Waals surface area (Å²) in [6.45, 7) is 4.42. The van der Waals surface area contributed by atoms with Crippen LogP contribution in [0.1, 0.15) is 25.3 Å². The molecule has 0 aromatic heterocycles. The zero-order valence-electron chi connectivity index (χ0n) is 12.1. The molecule has 0 bridgehead atoms. The molecule has 6 heteroatoms. The molecule has 0 spiro atoms. The Morgan fingerprint density at radius 1 is 1.43 bits per heavy atom. The van der Waals surface area contributed by atoms with Crippen LogP contribution in [0.4, 0.5) is 10.5 Å². The predicted molar refractivity (Wildman–Crippen MR) is 84.4 cm³/mol. The molecule has 1 aromatic carbocycles. The number of benzene rings is 1. The Morgan fingerprint density at radius 2 is 2.14 bits per heavy atom. The second-order valence-corrected chi connectivity index (χ2v) is 6.44. The first-order valence-electron chi connectivity index (χ1n) is 6.95. The smallest absolute Gasteiger partial charge is 0.326 e. The lowest BCUT2D eigenvalue weighted by Crippen LogP contribution is -2.51. The van der Waals surface area contributed by atoms with Gasteiger partial charge in [0.2, 0.25) is 0 Å². The van der Waals surface area contributed by atoms with Crippen LogP contribution in [-0.4, -0.2) is 34.6 Å². The largest absolute Gasteiger partial charge is 0.480 e. The van der Waals surface area contributed by atoms with Gasteiger partial charge in [-0.1, -0.05) is 13.0 Å². The molecule has 1 aromatic rings. The number of likely N-dealkylation sites (tertiary alicyclic amines) is 1. The van der Waals surface area contributed by atoms with Crippen LogP contribution >= 0.6 is 15.9 Å². The molecule has 2 atom stereocenters. The standard InChI is InChI=1S/C15H19BrN2O3/c1-9-3-4-11(16)12(7-9)17-15(21)18-6-5-10(2)8-13(18)14(19)20/h3-4,7,10,13H,5-6,8H2,1-2H3,(H,17,21)(H,19,20). The van der Waals surface area contributed by atoms with Gasteiger partial charge >= 0.3 is 12.0 Å². The summed E-state index contributed by atoms with van der Waals surface area (Å²) < 4.78 is 0.777. The van der Waals surface area contributed by atoms with Gasteiger partial charge in [-0.05, 0) is 59.3 Å². The van der Waals surface area contributed by atoms with Gasteiger partial charge in [0.1, 0.15) is 6.04 Å². The number of hydrogen-bond donors (Lipinski definition) is 2. The van der Waals surface area contributed by atoms with Crippen LogP contribution in [0.15, 0.2) is 22.7 Å². The summed E-state index contributed by atoms with van der Waals surface area (Å²) in [5, 5.41) is 12.1. The quantitative estimate of drug-likeness (QED) is 0.853. The van der Waals surface area contributed by atoms with Gasteiger partial charge in [-0.2, -0.15) is 0 Å². The van der Waals surface area contributed by atoms with E-state index in [0.29, 0.717) is 24.6 Å². The number of anilines is 1. The van der Waals surface area contributed by atoms with E-state index in [1.807, 2.05) is 32.0 Å². The minimum Gasteiger partial charge on any atom is -0.480 e. The Labute approximate surface area is 132 Å². The lowest BCUT2D eigenvalue weighted by Gasteiger charge is -2.35. The van der Waals surface area contributed by atoms with Crippen molar-refractivity contribution in [1.29, 1.82) is 0 Å². The van der Waals surface area contributed by atoms with E-state index in [1.54, 1.807) is 0 Å². The number of urea groups is 1. The first-order valence-corrected chi connectivity index (χ1v) is 7.74. The van der Waals surface area contributed by atoms with Crippen LogP contribution in [0.25, 0.3) is 0 Å². The van der Waals surface area contributed by atoms with Crippen molar-refractivity contribution in [3.63, 3.8) is 0 Å². The van der Waals surface area contributed by atoms with Crippen molar-refractivity contribution in [2.24, 2.45) is 5.92 Å². The molecule has 1 aliphatic heterocycles. The molecule has 2 N–H and O–H groups in total. The molecule has 114 valence electrons. The molecule has 0 aliphatic carbocycles. The number of carboxylic acid groups (broad SMARTS) is 1. The van der Waals surface area contributed by atoms with Gasteiger partial charge in [-0.15, -0.1) is 0 Å². The Morgan fingerprint density at radius 3 is 2.81 bits per heavy atom. The second kappa shape index (κ2) is 6.47. The van der Waals surface area contributed by atoms with Crippen LogP contribution in [0, 0.1) is 12.8 Å². The molecular weight excluding hydrogens is 336 g/mol. The summed E-state index contributed by atoms with van der Waals surface area (Å²) in [6.07, 6.45) is 1.32. The Balaban J connectivity index is 2.15. The third-order valence-electron chi connectivity index (χ3n) is 3.77. The fraction of sp³-hybridized carbons (Fsp3) is 0.467. The van der Waals surface area contributed by atoms with Crippen molar-refractivity contribution in [2.45, 2.75) is 32.7 Å². The third kappa shape index (κ3) is 3.75. The number of rotatable bonds is 2. The van der Waals surface area contributed by atoms with Gasteiger partial charge in [-0.3, -0.25) is 0 Å². The number of carboxylic acids is 1. The van der Waals surface area contributed by atoms with Gasteiger partial charge < -0.3 is 15.3 Å². The number of aryl methyl sites for hydroxylation is 1. The minimum absolute atomic E-state index is 0.320. The maximum absolute atomic E-state index is 12.4. The van der Waals surface area contributed by atoms with Crippen molar-refractivity contribution in [2.75, 3.05) is 11.9 Å². The van der Waals surface area contributed by atoms with E-state index in [4.69, 9.17) is 0 Å². The summed E-state index contributed by atoms with van der Waals surface area (Å²) in [6, 6.07) is 4.53. The van der Waals surface area contributed by atoms with Gasteiger partial charge in [0.05, 0.1) is 5.69 Å². The maximum Gasteiger partial charge on any atom is 0.326 e. The molecule has 2 rings (SSSR count). The molecule has 1 aliphatic rings. The first-order chi connectivity index (χ1) is 9.88. The van der Waals surface area contributed by atoms with Crippen molar-refractivity contribution >= 4 is 33.6 Å². The first kappa shape index (κ1) is 15.8. The zero-order chi connectivity index (χ0) is 15.6. The SMILES string of the molecule is Cc1ccc(Br)c(NC(=O)N2CCC(C)CC2C(=O)O)c1. The van der Waals surface area contributed by atoms with Crippen LogP contribution in [0.3, 0.4) is 0 Å². The van der Waals surface area contributed by atoms with Crippen LogP contribution in [-0.2, 0) is 4.79 Å². The predicted octanol–water partition coefficient (Wildman–Crippen LogP) is 3.47. The topological polar surface area (TPSA) is 69.6 Å². The Kier molecular flexibility index (Phi) is 4.88. The van der Waals surface area contributed by atoms with Gasteiger partial charge in [-0.25, -0.2) is 9.59 Å². The number of carbonyl (C=O) groups excluding carboxylic acids is 1. The fourth-order valence-electron chi connectivity index (χ4n) is 2.54. The second-order valence-electron chi connectivity index (χ2n) is 5.59. The van der Waals surface area contributed by atoms with Gasteiger partial charge in [0.25, 0.3) is 0 Å². The number of carbonyl (C=O) groups is 2. The lowest BCUT2D eigenvalue weighted by molar-refractivity contribution is -0.143. The highest BCUT2D eigenvalue weighted by molar-refractivity contribution is 9.10. The zero-order valence-corrected chi connectivity index (χ0v) is 13.7. The summed E-state index contributed by atoms with van der Waals surface area (Å²) in [4.78, 5) is 25.2. The molecule has 2 unspecified atom stereocenters. The number of amides is 2. The monoisotopic (exact) mass is 354 g/mol. The number of hydrogen-bond acceptors (Lipinski definition) is 2. The Bertz CT molecular complexity index is 562. The molecule has 1 heterocycles. The third-order valence-corrected chi connectivity index (χ3v) is 4.47. The average molecular weight is 355 g/mol. The number of piperidine rings is 1. The van der Waals surface area contributed by atoms with E-state index in [2.05, 4.69) is 21.2 Å². The van der Waals surface area contributed by atoms with E-state index in [-0.39, 0.29) is 6.03 Å². The number of nitrogens with zero attached hydrogens (tertiary/aromatic N) is 1. The molecule has 5 nitrogen and oxygen atoms in total. The Hall–Kier alpha value is -1.56. The molecule has 0 saturated carbocycles. The van der Waals surface area contributed by atoms with Crippen molar-refractivity contribution < 1.29 is 14.7 Å². The normalized spacial score (nSPS) is 22.0. The van der Waals surface area contributed by atoms with Crippen LogP contribution in [0.2, 0.25) is 0 Å². The molecule has 1 saturated heterocycles. The highest BCUT2D eigenvalue weighted by atomic mass is 79.9. The molecule has 2 amide bonds. The van der Waals surface area contributed by atoms with Crippen LogP contribution in [0.5, 0.6) is 0 Å². The highest BCUT2D eigenvalue weighted by Crippen LogP contribution is 2.26. The summed E-state index contributed by atoms with van der Waals surface area (Å²) >= 11 is 3.39. The van der Waals surface area contributed by atoms with E-state index in [0.717, 1.165) is 16.5 Å².